The highest BCUT2D eigenvalue weighted by molar-refractivity contribution is 9.10. The number of hydrogen-bond acceptors (Lipinski definition) is 3. The number of halogens is 1. The van der Waals surface area contributed by atoms with E-state index < -0.39 is 0 Å². The third-order valence-corrected chi connectivity index (χ3v) is 4.57. The molecule has 0 atom stereocenters. The second-order valence-corrected chi connectivity index (χ2v) is 6.49. The largest absolute Gasteiger partial charge is 0.496 e. The van der Waals surface area contributed by atoms with Crippen LogP contribution in [-0.2, 0) is 4.79 Å². The predicted octanol–water partition coefficient (Wildman–Crippen LogP) is 4.68. The Labute approximate surface area is 150 Å². The number of aryl methyl sites for hydroxylation is 2. The van der Waals surface area contributed by atoms with Crippen LogP contribution in [0.1, 0.15) is 34.3 Å². The fraction of sp³-hybridized carbons (Fsp3) is 0.263. The fourth-order valence-corrected chi connectivity index (χ4v) is 2.59. The maximum atomic E-state index is 12.4. The first-order chi connectivity index (χ1) is 11.4. The second-order valence-electron chi connectivity index (χ2n) is 5.64. The average molecular weight is 390 g/mol. The van der Waals surface area contributed by atoms with E-state index in [0.717, 1.165) is 21.3 Å². The maximum Gasteiger partial charge on any atom is 0.224 e. The van der Waals surface area contributed by atoms with E-state index in [-0.39, 0.29) is 24.5 Å². The summed E-state index contributed by atoms with van der Waals surface area (Å²) in [7, 11) is 1.53. The molecule has 2 rings (SSSR count). The summed E-state index contributed by atoms with van der Waals surface area (Å²) in [6.45, 7) is 3.87. The van der Waals surface area contributed by atoms with Gasteiger partial charge in [-0.05, 0) is 49.7 Å². The average Bonchev–Trinajstić information content (AvgIpc) is 2.56. The van der Waals surface area contributed by atoms with Crippen LogP contribution >= 0.6 is 15.9 Å². The standard InChI is InChI=1S/C19H20BrNO3/c1-12-4-8-18(24-3)15(10-12)17(22)7-9-19(23)21-14-5-6-16(20)13(2)11-14/h4-6,8,10-11H,7,9H2,1-3H3,(H,21,23). The second kappa shape index (κ2) is 8.11. The zero-order chi connectivity index (χ0) is 17.7. The van der Waals surface area contributed by atoms with E-state index in [1.807, 2.05) is 38.1 Å². The van der Waals surface area contributed by atoms with Gasteiger partial charge in [-0.2, -0.15) is 0 Å². The van der Waals surface area contributed by atoms with Crippen LogP contribution in [0.3, 0.4) is 0 Å². The van der Waals surface area contributed by atoms with Gasteiger partial charge in [0.15, 0.2) is 5.78 Å². The van der Waals surface area contributed by atoms with E-state index in [0.29, 0.717) is 11.3 Å². The molecule has 126 valence electrons. The first-order valence-corrected chi connectivity index (χ1v) is 8.44. The topological polar surface area (TPSA) is 55.4 Å². The van der Waals surface area contributed by atoms with E-state index in [4.69, 9.17) is 4.74 Å². The number of hydrogen-bond donors (Lipinski definition) is 1. The minimum Gasteiger partial charge on any atom is -0.496 e. The van der Waals surface area contributed by atoms with Crippen molar-refractivity contribution in [3.05, 3.63) is 57.6 Å². The normalized spacial score (nSPS) is 10.3. The molecule has 0 heterocycles. The van der Waals surface area contributed by atoms with Crippen molar-refractivity contribution in [2.24, 2.45) is 0 Å². The van der Waals surface area contributed by atoms with Gasteiger partial charge in [0.2, 0.25) is 5.91 Å². The van der Waals surface area contributed by atoms with Gasteiger partial charge in [0.05, 0.1) is 12.7 Å². The van der Waals surface area contributed by atoms with Crippen molar-refractivity contribution in [1.82, 2.24) is 0 Å². The van der Waals surface area contributed by atoms with Gasteiger partial charge in [-0.3, -0.25) is 9.59 Å². The molecular formula is C19H20BrNO3. The Morgan fingerprint density at radius 3 is 2.50 bits per heavy atom. The maximum absolute atomic E-state index is 12.4. The number of carbonyl (C=O) groups is 2. The molecule has 2 aromatic carbocycles. The number of Topliss-reactive ketones (excluding diaryl/α,β-unsaturated/α-hetero) is 1. The van der Waals surface area contributed by atoms with Crippen molar-refractivity contribution in [2.45, 2.75) is 26.7 Å². The Morgan fingerprint density at radius 1 is 1.08 bits per heavy atom. The zero-order valence-electron chi connectivity index (χ0n) is 14.0. The number of amides is 1. The Bertz CT molecular complexity index is 771. The molecule has 0 unspecified atom stereocenters. The summed E-state index contributed by atoms with van der Waals surface area (Å²) in [5.41, 5.74) is 3.26. The Kier molecular flexibility index (Phi) is 6.15. The van der Waals surface area contributed by atoms with Crippen LogP contribution in [0.2, 0.25) is 0 Å². The Balaban J connectivity index is 1.97. The Hall–Kier alpha value is -2.14. The molecule has 0 bridgehead atoms. The van der Waals surface area contributed by atoms with Crippen LogP contribution < -0.4 is 10.1 Å². The number of anilines is 1. The van der Waals surface area contributed by atoms with E-state index >= 15 is 0 Å². The van der Waals surface area contributed by atoms with E-state index in [1.165, 1.54) is 7.11 Å². The summed E-state index contributed by atoms with van der Waals surface area (Å²) in [5.74, 6) is 0.254. The minimum atomic E-state index is -0.184. The van der Waals surface area contributed by atoms with Gasteiger partial charge < -0.3 is 10.1 Å². The van der Waals surface area contributed by atoms with Crippen molar-refractivity contribution in [1.29, 1.82) is 0 Å². The molecule has 0 aromatic heterocycles. The third-order valence-electron chi connectivity index (χ3n) is 3.68. The molecule has 0 aliphatic heterocycles. The molecule has 24 heavy (non-hydrogen) atoms. The molecule has 1 amide bonds. The lowest BCUT2D eigenvalue weighted by Gasteiger charge is -2.09. The number of nitrogens with one attached hydrogen (secondary N) is 1. The van der Waals surface area contributed by atoms with Gasteiger partial charge in [-0.1, -0.05) is 27.6 Å². The lowest BCUT2D eigenvalue weighted by molar-refractivity contribution is -0.116. The SMILES string of the molecule is COc1ccc(C)cc1C(=O)CCC(=O)Nc1ccc(Br)c(C)c1. The number of carbonyl (C=O) groups excluding carboxylic acids is 2. The number of benzene rings is 2. The summed E-state index contributed by atoms with van der Waals surface area (Å²) < 4.78 is 6.21. The molecule has 0 saturated heterocycles. The molecule has 0 saturated carbocycles. The number of methoxy groups -OCH3 is 1. The number of ketones is 1. The van der Waals surface area contributed by atoms with Gasteiger partial charge in [-0.15, -0.1) is 0 Å². The molecule has 5 heteroatoms. The summed E-state index contributed by atoms with van der Waals surface area (Å²) in [5, 5.41) is 2.81. The molecular weight excluding hydrogens is 370 g/mol. The highest BCUT2D eigenvalue weighted by Crippen LogP contribution is 2.22. The van der Waals surface area contributed by atoms with Gasteiger partial charge in [0, 0.05) is 23.0 Å². The summed E-state index contributed by atoms with van der Waals surface area (Å²) >= 11 is 3.42. The number of rotatable bonds is 6. The van der Waals surface area contributed by atoms with Crippen LogP contribution in [0.15, 0.2) is 40.9 Å². The molecule has 0 fully saturated rings. The summed E-state index contributed by atoms with van der Waals surface area (Å²) in [6, 6.07) is 11.0. The van der Waals surface area contributed by atoms with Gasteiger partial charge in [0.1, 0.15) is 5.75 Å². The van der Waals surface area contributed by atoms with Gasteiger partial charge in [-0.25, -0.2) is 0 Å². The van der Waals surface area contributed by atoms with Crippen molar-refractivity contribution in [2.75, 3.05) is 12.4 Å². The van der Waals surface area contributed by atoms with Crippen molar-refractivity contribution >= 4 is 33.3 Å². The number of ether oxygens (including phenoxy) is 1. The molecule has 0 radical (unpaired) electrons. The lowest BCUT2D eigenvalue weighted by atomic mass is 10.0. The zero-order valence-corrected chi connectivity index (χ0v) is 15.6. The monoisotopic (exact) mass is 389 g/mol. The molecule has 2 aromatic rings. The first kappa shape index (κ1) is 18.2. The minimum absolute atomic E-state index is 0.0994. The van der Waals surface area contributed by atoms with Crippen molar-refractivity contribution in [3.63, 3.8) is 0 Å². The highest BCUT2D eigenvalue weighted by atomic mass is 79.9. The van der Waals surface area contributed by atoms with Crippen LogP contribution in [0.5, 0.6) is 5.75 Å². The van der Waals surface area contributed by atoms with Crippen LogP contribution in [0.4, 0.5) is 5.69 Å². The van der Waals surface area contributed by atoms with E-state index in [9.17, 15) is 9.59 Å². The van der Waals surface area contributed by atoms with Crippen LogP contribution in [-0.4, -0.2) is 18.8 Å². The van der Waals surface area contributed by atoms with Crippen molar-refractivity contribution in [3.8, 4) is 5.75 Å². The quantitative estimate of drug-likeness (QED) is 0.729. The molecule has 0 aliphatic rings. The van der Waals surface area contributed by atoms with Crippen LogP contribution in [0, 0.1) is 13.8 Å². The molecule has 1 N–H and O–H groups in total. The Morgan fingerprint density at radius 2 is 1.83 bits per heavy atom. The van der Waals surface area contributed by atoms with Gasteiger partial charge >= 0.3 is 0 Å². The lowest BCUT2D eigenvalue weighted by Crippen LogP contribution is -2.14. The predicted molar refractivity (Wildman–Crippen MR) is 98.8 cm³/mol. The summed E-state index contributed by atoms with van der Waals surface area (Å²) in [6.07, 6.45) is 0.270. The molecule has 0 aliphatic carbocycles. The van der Waals surface area contributed by atoms with E-state index in [1.54, 1.807) is 12.1 Å². The van der Waals surface area contributed by atoms with Crippen LogP contribution in [0.25, 0.3) is 0 Å². The molecule has 0 spiro atoms. The summed E-state index contributed by atoms with van der Waals surface area (Å²) in [4.78, 5) is 24.4. The fourth-order valence-electron chi connectivity index (χ4n) is 2.35. The molecule has 4 nitrogen and oxygen atoms in total. The smallest absolute Gasteiger partial charge is 0.224 e. The third kappa shape index (κ3) is 4.68. The first-order valence-electron chi connectivity index (χ1n) is 7.64. The van der Waals surface area contributed by atoms with Crippen molar-refractivity contribution < 1.29 is 14.3 Å². The van der Waals surface area contributed by atoms with Gasteiger partial charge in [0.25, 0.3) is 0 Å². The van der Waals surface area contributed by atoms with E-state index in [2.05, 4.69) is 21.2 Å². The highest BCUT2D eigenvalue weighted by Gasteiger charge is 2.14.